The molecule has 0 saturated heterocycles. The molecule has 11 nitrogen and oxygen atoms in total. The van der Waals surface area contributed by atoms with Crippen molar-refractivity contribution < 1.29 is 13.2 Å². The van der Waals surface area contributed by atoms with Gasteiger partial charge >= 0.3 is 0 Å². The van der Waals surface area contributed by atoms with Crippen molar-refractivity contribution >= 4 is 15.8 Å². The van der Waals surface area contributed by atoms with Gasteiger partial charge in [0.15, 0.2) is 5.82 Å². The van der Waals surface area contributed by atoms with E-state index in [1.807, 2.05) is 27.1 Å². The molecular formula is C25H26N8O3S. The maximum absolute atomic E-state index is 12.4. The van der Waals surface area contributed by atoms with Gasteiger partial charge in [0, 0.05) is 31.7 Å². The summed E-state index contributed by atoms with van der Waals surface area (Å²) in [6.45, 7) is 4.02. The number of nitrogens with zero attached hydrogens (tertiary/aromatic N) is 7. The molecule has 1 atom stereocenters. The summed E-state index contributed by atoms with van der Waals surface area (Å²) in [5, 5.41) is 7.76. The predicted octanol–water partition coefficient (Wildman–Crippen LogP) is 2.64. The van der Waals surface area contributed by atoms with Crippen LogP contribution in [-0.4, -0.2) is 53.7 Å². The Morgan fingerprint density at radius 1 is 1.14 bits per heavy atom. The lowest BCUT2D eigenvalue weighted by atomic mass is 10.1. The minimum absolute atomic E-state index is 0.0337. The summed E-state index contributed by atoms with van der Waals surface area (Å²) in [4.78, 5) is 13.3. The van der Waals surface area contributed by atoms with Crippen molar-refractivity contribution in [2.75, 3.05) is 5.73 Å². The number of nitrogen functional groups attached to an aromatic ring is 1. The molecule has 0 aliphatic heterocycles. The van der Waals surface area contributed by atoms with E-state index in [0.717, 1.165) is 16.1 Å². The van der Waals surface area contributed by atoms with Gasteiger partial charge in [-0.25, -0.2) is 18.4 Å². The average Bonchev–Trinajstić information content (AvgIpc) is 3.48. The van der Waals surface area contributed by atoms with Gasteiger partial charge in [-0.15, -0.1) is 0 Å². The summed E-state index contributed by atoms with van der Waals surface area (Å²) in [6, 6.07) is 1.77. The normalized spacial score (nSPS) is 14.1. The molecule has 0 bridgehead atoms. The third-order valence-corrected chi connectivity index (χ3v) is 7.97. The standard InChI is InChI=1S/C25H26N8O3S/c1-4-16(2)36-23-9-22(27-11-18(23)6-5-17-10-29-32(3)14-17)21-13-28-25(31-24(21)26)19-12-30-33(15-19)37(34,35)20-7-8-20/h9-16,20H,4,7-8H2,1-3H3,(H2,26,28,31). The molecule has 4 heterocycles. The quantitative estimate of drug-likeness (QED) is 0.365. The number of hydrogen-bond acceptors (Lipinski definition) is 9. The first kappa shape index (κ1) is 24.5. The van der Waals surface area contributed by atoms with E-state index >= 15 is 0 Å². The molecule has 0 radical (unpaired) electrons. The zero-order valence-corrected chi connectivity index (χ0v) is 21.5. The van der Waals surface area contributed by atoms with Gasteiger partial charge in [-0.2, -0.15) is 14.3 Å². The summed E-state index contributed by atoms with van der Waals surface area (Å²) in [7, 11) is -1.65. The number of rotatable bonds is 7. The van der Waals surface area contributed by atoms with Crippen molar-refractivity contribution in [3.05, 3.63) is 54.4 Å². The van der Waals surface area contributed by atoms with Crippen molar-refractivity contribution in [2.24, 2.45) is 7.05 Å². The van der Waals surface area contributed by atoms with Gasteiger partial charge in [0.05, 0.1) is 57.9 Å². The highest BCUT2D eigenvalue weighted by Crippen LogP contribution is 2.32. The Hall–Kier alpha value is -4.24. The molecular weight excluding hydrogens is 492 g/mol. The van der Waals surface area contributed by atoms with E-state index in [1.54, 1.807) is 29.3 Å². The van der Waals surface area contributed by atoms with Crippen molar-refractivity contribution in [1.29, 1.82) is 0 Å². The lowest BCUT2D eigenvalue weighted by molar-refractivity contribution is 0.217. The van der Waals surface area contributed by atoms with Crippen LogP contribution in [-0.2, 0) is 17.1 Å². The smallest absolute Gasteiger partial charge is 0.256 e. The third kappa shape index (κ3) is 5.17. The Bertz CT molecular complexity index is 1630. The lowest BCUT2D eigenvalue weighted by Gasteiger charge is -2.15. The van der Waals surface area contributed by atoms with Gasteiger partial charge in [0.2, 0.25) is 0 Å². The zero-order valence-electron chi connectivity index (χ0n) is 20.7. The predicted molar refractivity (Wildman–Crippen MR) is 138 cm³/mol. The SMILES string of the molecule is CCC(C)Oc1cc(-c2cnc(-c3cnn(S(=O)(=O)C4CC4)c3)nc2N)ncc1C#Cc1cnn(C)c1. The fourth-order valence-corrected chi connectivity index (χ4v) is 4.99. The summed E-state index contributed by atoms with van der Waals surface area (Å²) in [6.07, 6.45) is 11.6. The van der Waals surface area contributed by atoms with Gasteiger partial charge in [-0.3, -0.25) is 9.67 Å². The maximum Gasteiger partial charge on any atom is 0.256 e. The molecule has 37 heavy (non-hydrogen) atoms. The van der Waals surface area contributed by atoms with Gasteiger partial charge < -0.3 is 10.5 Å². The summed E-state index contributed by atoms with van der Waals surface area (Å²) < 4.78 is 33.7. The summed E-state index contributed by atoms with van der Waals surface area (Å²) >= 11 is 0. The average molecular weight is 519 g/mol. The Balaban J connectivity index is 1.45. The molecule has 12 heteroatoms. The third-order valence-electron chi connectivity index (χ3n) is 5.93. The Labute approximate surface area is 214 Å². The van der Waals surface area contributed by atoms with Crippen LogP contribution in [0, 0.1) is 11.8 Å². The van der Waals surface area contributed by atoms with E-state index in [1.165, 1.54) is 12.4 Å². The van der Waals surface area contributed by atoms with Gasteiger partial charge in [0.1, 0.15) is 11.6 Å². The number of anilines is 1. The van der Waals surface area contributed by atoms with E-state index in [4.69, 9.17) is 10.5 Å². The molecule has 1 unspecified atom stereocenters. The van der Waals surface area contributed by atoms with E-state index in [9.17, 15) is 8.42 Å². The van der Waals surface area contributed by atoms with Crippen molar-refractivity contribution in [3.63, 3.8) is 0 Å². The van der Waals surface area contributed by atoms with Crippen molar-refractivity contribution in [3.8, 4) is 40.2 Å². The molecule has 190 valence electrons. The van der Waals surface area contributed by atoms with Crippen LogP contribution in [0.5, 0.6) is 5.75 Å². The molecule has 5 rings (SSSR count). The van der Waals surface area contributed by atoms with Crippen molar-refractivity contribution in [1.82, 2.24) is 33.9 Å². The van der Waals surface area contributed by atoms with E-state index in [-0.39, 0.29) is 23.0 Å². The molecule has 1 saturated carbocycles. The maximum atomic E-state index is 12.4. The molecule has 0 spiro atoms. The number of pyridine rings is 1. The molecule has 0 aromatic carbocycles. The fraction of sp³-hybridized carbons (Fsp3) is 0.320. The Morgan fingerprint density at radius 2 is 1.95 bits per heavy atom. The monoisotopic (exact) mass is 518 g/mol. The first-order chi connectivity index (χ1) is 17.7. The molecule has 4 aromatic heterocycles. The van der Waals surface area contributed by atoms with E-state index in [2.05, 4.69) is 37.0 Å². The fourth-order valence-electron chi connectivity index (χ4n) is 3.51. The topological polar surface area (TPSA) is 144 Å². The second kappa shape index (κ2) is 9.67. The van der Waals surface area contributed by atoms with Crippen LogP contribution in [0.25, 0.3) is 22.6 Å². The number of ether oxygens (including phenoxy) is 1. The van der Waals surface area contributed by atoms with Crippen LogP contribution in [0.4, 0.5) is 5.82 Å². The van der Waals surface area contributed by atoms with Gasteiger partial charge in [-0.1, -0.05) is 18.8 Å². The van der Waals surface area contributed by atoms with Gasteiger partial charge in [-0.05, 0) is 26.2 Å². The van der Waals surface area contributed by atoms with E-state index in [0.29, 0.717) is 41.0 Å². The largest absolute Gasteiger partial charge is 0.489 e. The second-order valence-electron chi connectivity index (χ2n) is 8.89. The highest BCUT2D eigenvalue weighted by Gasteiger charge is 2.37. The van der Waals surface area contributed by atoms with Crippen LogP contribution in [0.3, 0.4) is 0 Å². The van der Waals surface area contributed by atoms with Crippen LogP contribution >= 0.6 is 0 Å². The van der Waals surface area contributed by atoms with Crippen molar-refractivity contribution in [2.45, 2.75) is 44.5 Å². The Kier molecular flexibility index (Phi) is 6.39. The number of aryl methyl sites for hydroxylation is 1. The van der Waals surface area contributed by atoms with E-state index < -0.39 is 10.0 Å². The highest BCUT2D eigenvalue weighted by atomic mass is 32.2. The van der Waals surface area contributed by atoms with Gasteiger partial charge in [0.25, 0.3) is 10.0 Å². The zero-order chi connectivity index (χ0) is 26.2. The minimum Gasteiger partial charge on any atom is -0.489 e. The number of aromatic nitrogens is 7. The molecule has 1 aliphatic carbocycles. The highest BCUT2D eigenvalue weighted by molar-refractivity contribution is 7.90. The lowest BCUT2D eigenvalue weighted by Crippen LogP contribution is -2.17. The first-order valence-electron chi connectivity index (χ1n) is 11.8. The van der Waals surface area contributed by atoms with Crippen LogP contribution < -0.4 is 10.5 Å². The first-order valence-corrected chi connectivity index (χ1v) is 13.3. The molecule has 0 amide bonds. The molecule has 1 fully saturated rings. The van der Waals surface area contributed by atoms with Crippen LogP contribution in [0.2, 0.25) is 0 Å². The molecule has 2 N–H and O–H groups in total. The molecule has 4 aromatic rings. The second-order valence-corrected chi connectivity index (χ2v) is 11.0. The number of nitrogens with two attached hydrogens (primary N) is 1. The minimum atomic E-state index is -3.48. The Morgan fingerprint density at radius 3 is 2.62 bits per heavy atom. The van der Waals surface area contributed by atoms with Crippen LogP contribution in [0.15, 0.2) is 43.2 Å². The number of hydrogen-bond donors (Lipinski definition) is 1. The summed E-state index contributed by atoms with van der Waals surface area (Å²) in [5.74, 6) is 7.23. The van der Waals surface area contributed by atoms with Crippen LogP contribution in [0.1, 0.15) is 44.2 Å². The summed E-state index contributed by atoms with van der Waals surface area (Å²) in [5.41, 5.74) is 9.19. The molecule has 1 aliphatic rings.